The number of carbonyl (C=O) groups is 1. The van der Waals surface area contributed by atoms with Gasteiger partial charge in [-0.1, -0.05) is 29.8 Å². The number of para-hydroxylation sites is 1. The number of phenolic OH excluding ortho intramolecular Hbond substituents is 1. The number of hydrogen-bond acceptors (Lipinski definition) is 5. The summed E-state index contributed by atoms with van der Waals surface area (Å²) in [7, 11) is -4.20. The summed E-state index contributed by atoms with van der Waals surface area (Å²) in [5, 5.41) is 9.49. The molecular weight excluding hydrogens is 280 g/mol. The topological polar surface area (TPSA) is 80.7 Å². The van der Waals surface area contributed by atoms with Crippen molar-refractivity contribution in [2.24, 2.45) is 0 Å². The van der Waals surface area contributed by atoms with Gasteiger partial charge in [0.1, 0.15) is 16.2 Å². The first-order valence-corrected chi connectivity index (χ1v) is 7.14. The lowest BCUT2D eigenvalue weighted by Gasteiger charge is -2.07. The number of hydrogen-bond donors (Lipinski definition) is 1. The second-order valence-corrected chi connectivity index (χ2v) is 5.70. The number of benzene rings is 2. The Labute approximate surface area is 116 Å². The molecule has 0 atom stereocenters. The molecule has 0 aliphatic rings. The molecule has 0 aliphatic carbocycles. The normalized spacial score (nSPS) is 11.1. The Morgan fingerprint density at radius 1 is 1.05 bits per heavy atom. The first kappa shape index (κ1) is 14.1. The van der Waals surface area contributed by atoms with Gasteiger partial charge in [0.15, 0.2) is 0 Å². The van der Waals surface area contributed by atoms with Crippen LogP contribution in [0.2, 0.25) is 0 Å². The van der Waals surface area contributed by atoms with Crippen LogP contribution in [-0.4, -0.2) is 19.5 Å². The van der Waals surface area contributed by atoms with Crippen LogP contribution in [0.25, 0.3) is 0 Å². The maximum absolute atomic E-state index is 11.9. The van der Waals surface area contributed by atoms with Crippen molar-refractivity contribution in [3.8, 4) is 5.75 Å². The molecule has 0 saturated carbocycles. The molecule has 2 aromatic rings. The van der Waals surface area contributed by atoms with Crippen molar-refractivity contribution in [3.05, 3.63) is 59.7 Å². The molecule has 104 valence electrons. The maximum Gasteiger partial charge on any atom is 0.357 e. The highest BCUT2D eigenvalue weighted by Gasteiger charge is 2.22. The minimum Gasteiger partial charge on any atom is -0.507 e. The van der Waals surface area contributed by atoms with E-state index in [4.69, 9.17) is 0 Å². The van der Waals surface area contributed by atoms with Gasteiger partial charge in [0.05, 0.1) is 0 Å². The quantitative estimate of drug-likeness (QED) is 0.877. The molecule has 5 nitrogen and oxygen atoms in total. The third kappa shape index (κ3) is 2.97. The lowest BCUT2D eigenvalue weighted by atomic mass is 10.2. The highest BCUT2D eigenvalue weighted by Crippen LogP contribution is 2.20. The molecule has 0 unspecified atom stereocenters. The number of rotatable bonds is 3. The highest BCUT2D eigenvalue weighted by molar-refractivity contribution is 7.87. The van der Waals surface area contributed by atoms with Crippen LogP contribution in [0.5, 0.6) is 5.75 Å². The molecule has 2 aromatic carbocycles. The lowest BCUT2D eigenvalue weighted by molar-refractivity contribution is 0.0743. The van der Waals surface area contributed by atoms with Crippen molar-refractivity contribution in [1.82, 2.24) is 0 Å². The molecule has 0 amide bonds. The van der Waals surface area contributed by atoms with Crippen LogP contribution in [0.4, 0.5) is 0 Å². The van der Waals surface area contributed by atoms with Crippen molar-refractivity contribution in [1.29, 1.82) is 0 Å². The molecular formula is C14H12O5S. The largest absolute Gasteiger partial charge is 0.507 e. The summed E-state index contributed by atoms with van der Waals surface area (Å²) in [5.41, 5.74) is 0.680. The van der Waals surface area contributed by atoms with E-state index in [0.29, 0.717) is 0 Å². The van der Waals surface area contributed by atoms with Gasteiger partial charge in [0.25, 0.3) is 0 Å². The smallest absolute Gasteiger partial charge is 0.357 e. The summed E-state index contributed by atoms with van der Waals surface area (Å²) in [5.74, 6) is -1.46. The van der Waals surface area contributed by atoms with Gasteiger partial charge in [-0.15, -0.1) is 0 Å². The van der Waals surface area contributed by atoms with Crippen molar-refractivity contribution in [2.45, 2.75) is 11.8 Å². The van der Waals surface area contributed by atoms with Crippen LogP contribution in [0, 0.1) is 6.92 Å². The number of phenols is 1. The van der Waals surface area contributed by atoms with E-state index in [-0.39, 0.29) is 16.2 Å². The van der Waals surface area contributed by atoms with E-state index in [9.17, 15) is 18.3 Å². The molecule has 0 saturated heterocycles. The van der Waals surface area contributed by atoms with Crippen molar-refractivity contribution in [2.75, 3.05) is 0 Å². The van der Waals surface area contributed by atoms with Crippen LogP contribution in [0.3, 0.4) is 0 Å². The minimum atomic E-state index is -4.20. The first-order valence-electron chi connectivity index (χ1n) is 5.73. The minimum absolute atomic E-state index is 0.119. The second-order valence-electron chi connectivity index (χ2n) is 4.16. The highest BCUT2D eigenvalue weighted by atomic mass is 32.2. The molecule has 2 rings (SSSR count). The molecule has 6 heteroatoms. The second kappa shape index (κ2) is 5.34. The summed E-state index contributed by atoms with van der Waals surface area (Å²) in [6, 6.07) is 11.5. The zero-order valence-corrected chi connectivity index (χ0v) is 11.4. The Morgan fingerprint density at radius 3 is 2.25 bits per heavy atom. The fourth-order valence-electron chi connectivity index (χ4n) is 1.54. The van der Waals surface area contributed by atoms with Gasteiger partial charge < -0.3 is 9.29 Å². The number of carbonyl (C=O) groups excluding carboxylic acids is 1. The average Bonchev–Trinajstić information content (AvgIpc) is 2.39. The predicted molar refractivity (Wildman–Crippen MR) is 71.9 cm³/mol. The Kier molecular flexibility index (Phi) is 3.76. The fourth-order valence-corrected chi connectivity index (χ4v) is 2.40. The van der Waals surface area contributed by atoms with E-state index in [2.05, 4.69) is 4.18 Å². The SMILES string of the molecule is Cc1ccc(S(=O)(=O)OC(=O)c2ccccc2O)cc1. The van der Waals surface area contributed by atoms with Gasteiger partial charge in [-0.05, 0) is 31.2 Å². The molecule has 0 aromatic heterocycles. The molecule has 0 spiro atoms. The Bertz CT molecular complexity index is 732. The van der Waals surface area contributed by atoms with E-state index in [1.807, 2.05) is 6.92 Å². The predicted octanol–water partition coefficient (Wildman–Crippen LogP) is 2.25. The van der Waals surface area contributed by atoms with Gasteiger partial charge in [0, 0.05) is 0 Å². The number of aromatic hydroxyl groups is 1. The fraction of sp³-hybridized carbons (Fsp3) is 0.0714. The molecule has 0 heterocycles. The standard InChI is InChI=1S/C14H12O5S/c1-10-6-8-11(9-7-10)20(17,18)19-14(16)12-4-2-3-5-13(12)15/h2-9,15H,1H3. The lowest BCUT2D eigenvalue weighted by Crippen LogP contribution is -2.13. The summed E-state index contributed by atoms with van der Waals surface area (Å²) >= 11 is 0. The molecule has 0 fully saturated rings. The van der Waals surface area contributed by atoms with Crippen molar-refractivity contribution < 1.29 is 22.5 Å². The summed E-state index contributed by atoms with van der Waals surface area (Å²) in [6.07, 6.45) is 0. The molecule has 0 bridgehead atoms. The first-order chi connectivity index (χ1) is 9.40. The Morgan fingerprint density at radius 2 is 1.65 bits per heavy atom. The molecule has 0 radical (unpaired) electrons. The van der Waals surface area contributed by atoms with Crippen LogP contribution < -0.4 is 0 Å². The van der Waals surface area contributed by atoms with Crippen LogP contribution in [0.15, 0.2) is 53.4 Å². The van der Waals surface area contributed by atoms with Gasteiger partial charge in [0.2, 0.25) is 0 Å². The van der Waals surface area contributed by atoms with Gasteiger partial charge >= 0.3 is 16.1 Å². The maximum atomic E-state index is 11.9. The zero-order valence-electron chi connectivity index (χ0n) is 10.6. The van der Waals surface area contributed by atoms with Gasteiger partial charge in [-0.25, -0.2) is 4.79 Å². The third-order valence-electron chi connectivity index (χ3n) is 2.62. The summed E-state index contributed by atoms with van der Waals surface area (Å²) in [4.78, 5) is 11.6. The van der Waals surface area contributed by atoms with E-state index >= 15 is 0 Å². The summed E-state index contributed by atoms with van der Waals surface area (Å²) < 4.78 is 28.3. The Balaban J connectivity index is 2.27. The molecule has 0 aliphatic heterocycles. The number of aryl methyl sites for hydroxylation is 1. The van der Waals surface area contributed by atoms with Crippen LogP contribution >= 0.6 is 0 Å². The molecule has 20 heavy (non-hydrogen) atoms. The van der Waals surface area contributed by atoms with Crippen molar-refractivity contribution >= 4 is 16.1 Å². The van der Waals surface area contributed by atoms with E-state index < -0.39 is 16.1 Å². The molecule has 1 N–H and O–H groups in total. The van der Waals surface area contributed by atoms with E-state index in [1.165, 1.54) is 36.4 Å². The monoisotopic (exact) mass is 292 g/mol. The van der Waals surface area contributed by atoms with Gasteiger partial charge in [-0.2, -0.15) is 8.42 Å². The van der Waals surface area contributed by atoms with Crippen LogP contribution in [0.1, 0.15) is 15.9 Å². The third-order valence-corrected chi connectivity index (χ3v) is 3.84. The van der Waals surface area contributed by atoms with Crippen LogP contribution in [-0.2, 0) is 14.3 Å². The Hall–Kier alpha value is -2.34. The summed E-state index contributed by atoms with van der Waals surface area (Å²) in [6.45, 7) is 1.81. The van der Waals surface area contributed by atoms with Crippen molar-refractivity contribution in [3.63, 3.8) is 0 Å². The van der Waals surface area contributed by atoms with E-state index in [0.717, 1.165) is 5.56 Å². The van der Waals surface area contributed by atoms with Gasteiger partial charge in [-0.3, -0.25) is 0 Å². The van der Waals surface area contributed by atoms with E-state index in [1.54, 1.807) is 12.1 Å². The zero-order chi connectivity index (χ0) is 14.8. The average molecular weight is 292 g/mol.